The molecule has 24 heavy (non-hydrogen) atoms. The first-order valence-corrected chi connectivity index (χ1v) is 9.27. The van der Waals surface area contributed by atoms with E-state index < -0.39 is 6.10 Å². The summed E-state index contributed by atoms with van der Waals surface area (Å²) in [5.74, 6) is 0.200. The molecule has 2 heterocycles. The molecule has 1 fully saturated rings. The summed E-state index contributed by atoms with van der Waals surface area (Å²) in [4.78, 5) is 20.6. The van der Waals surface area contributed by atoms with Gasteiger partial charge in [-0.1, -0.05) is 30.3 Å². The number of benzene rings is 1. The maximum Gasteiger partial charge on any atom is 0.223 e. The van der Waals surface area contributed by atoms with Crippen molar-refractivity contribution in [3.8, 4) is 0 Å². The molecular formula is C18H23N3O2S. The van der Waals surface area contributed by atoms with Gasteiger partial charge in [-0.2, -0.15) is 0 Å². The van der Waals surface area contributed by atoms with Gasteiger partial charge in [0.15, 0.2) is 0 Å². The Morgan fingerprint density at radius 1 is 1.21 bits per heavy atom. The van der Waals surface area contributed by atoms with E-state index in [1.807, 2.05) is 40.6 Å². The van der Waals surface area contributed by atoms with Crippen molar-refractivity contribution in [1.29, 1.82) is 0 Å². The monoisotopic (exact) mass is 345 g/mol. The maximum absolute atomic E-state index is 12.3. The number of aromatic nitrogens is 1. The van der Waals surface area contributed by atoms with Crippen LogP contribution in [-0.2, 0) is 11.2 Å². The van der Waals surface area contributed by atoms with Gasteiger partial charge >= 0.3 is 0 Å². The van der Waals surface area contributed by atoms with Crippen LogP contribution in [0.5, 0.6) is 0 Å². The molecule has 3 rings (SSSR count). The normalized spacial score (nSPS) is 17.0. The zero-order chi connectivity index (χ0) is 16.8. The van der Waals surface area contributed by atoms with E-state index in [4.69, 9.17) is 0 Å². The fourth-order valence-electron chi connectivity index (χ4n) is 2.96. The number of carbonyl (C=O) groups excluding carboxylic acids is 1. The number of hydrogen-bond donors (Lipinski definition) is 1. The molecule has 0 aliphatic carbocycles. The van der Waals surface area contributed by atoms with Crippen molar-refractivity contribution < 1.29 is 9.90 Å². The second-order valence-electron chi connectivity index (χ2n) is 6.09. The second-order valence-corrected chi connectivity index (χ2v) is 6.81. The first-order chi connectivity index (χ1) is 11.7. The van der Waals surface area contributed by atoms with Gasteiger partial charge in [-0.3, -0.25) is 9.69 Å². The van der Waals surface area contributed by atoms with E-state index in [9.17, 15) is 9.90 Å². The van der Waals surface area contributed by atoms with Gasteiger partial charge in [-0.05, 0) is 12.0 Å². The Hall–Kier alpha value is -1.76. The Kier molecular flexibility index (Phi) is 5.96. The fraction of sp³-hybridized carbons (Fsp3) is 0.444. The van der Waals surface area contributed by atoms with Crippen LogP contribution >= 0.6 is 11.3 Å². The molecule has 2 aromatic rings. The van der Waals surface area contributed by atoms with Crippen molar-refractivity contribution in [3.63, 3.8) is 0 Å². The van der Waals surface area contributed by atoms with Crippen molar-refractivity contribution in [2.75, 3.05) is 32.7 Å². The quantitative estimate of drug-likeness (QED) is 0.869. The van der Waals surface area contributed by atoms with Crippen LogP contribution in [-0.4, -0.2) is 58.5 Å². The Morgan fingerprint density at radius 3 is 2.62 bits per heavy atom. The molecule has 1 N–H and O–H groups in total. The molecule has 0 unspecified atom stereocenters. The number of aryl methyl sites for hydroxylation is 1. The summed E-state index contributed by atoms with van der Waals surface area (Å²) in [5, 5.41) is 12.3. The molecule has 0 spiro atoms. The van der Waals surface area contributed by atoms with Gasteiger partial charge in [0, 0.05) is 44.5 Å². The lowest BCUT2D eigenvalue weighted by molar-refractivity contribution is -0.133. The highest BCUT2D eigenvalue weighted by atomic mass is 32.1. The number of piperazine rings is 1. The molecule has 0 bridgehead atoms. The van der Waals surface area contributed by atoms with Gasteiger partial charge in [-0.25, -0.2) is 4.98 Å². The van der Waals surface area contributed by atoms with Crippen molar-refractivity contribution >= 4 is 17.2 Å². The van der Waals surface area contributed by atoms with Crippen LogP contribution in [0.4, 0.5) is 0 Å². The average Bonchev–Trinajstić information content (AvgIpc) is 3.14. The number of β-amino-alcohol motifs (C(OH)–C–C–N with tert-alkyl or cyclic N) is 1. The van der Waals surface area contributed by atoms with Crippen LogP contribution in [0.25, 0.3) is 0 Å². The molecule has 0 radical (unpaired) electrons. The van der Waals surface area contributed by atoms with Gasteiger partial charge in [0.1, 0.15) is 0 Å². The summed E-state index contributed by atoms with van der Waals surface area (Å²) >= 11 is 1.56. The Morgan fingerprint density at radius 2 is 1.96 bits per heavy atom. The highest BCUT2D eigenvalue weighted by Crippen LogP contribution is 2.15. The average molecular weight is 345 g/mol. The lowest BCUT2D eigenvalue weighted by Crippen LogP contribution is -2.49. The lowest BCUT2D eigenvalue weighted by Gasteiger charge is -2.35. The van der Waals surface area contributed by atoms with Gasteiger partial charge in [-0.15, -0.1) is 11.3 Å². The minimum Gasteiger partial charge on any atom is -0.387 e. The number of amides is 1. The maximum atomic E-state index is 12.3. The minimum atomic E-state index is -0.474. The first kappa shape index (κ1) is 17.1. The third-order valence-corrected chi connectivity index (χ3v) is 5.05. The smallest absolute Gasteiger partial charge is 0.223 e. The summed E-state index contributed by atoms with van der Waals surface area (Å²) in [5.41, 5.74) is 3.74. The highest BCUT2D eigenvalue weighted by molar-refractivity contribution is 7.07. The van der Waals surface area contributed by atoms with E-state index >= 15 is 0 Å². The number of rotatable bonds is 6. The van der Waals surface area contributed by atoms with E-state index in [0.717, 1.165) is 43.9 Å². The molecule has 1 aromatic heterocycles. The summed E-state index contributed by atoms with van der Waals surface area (Å²) in [6.07, 6.45) is 0.768. The number of nitrogens with zero attached hydrogens (tertiary/aromatic N) is 3. The van der Waals surface area contributed by atoms with Crippen molar-refractivity contribution in [2.45, 2.75) is 18.9 Å². The second kappa shape index (κ2) is 8.37. The molecule has 1 aromatic carbocycles. The number of thiazole rings is 1. The van der Waals surface area contributed by atoms with Crippen LogP contribution in [0.3, 0.4) is 0 Å². The standard InChI is InChI=1S/C18H23N3O2S/c22-17(15-4-2-1-3-5-15)12-20-8-10-21(11-9-20)18(23)7-6-16-13-24-14-19-16/h1-5,13-14,17,22H,6-12H2/t17-/m0/s1. The largest absolute Gasteiger partial charge is 0.387 e. The third-order valence-electron chi connectivity index (χ3n) is 4.42. The van der Waals surface area contributed by atoms with Crippen molar-refractivity contribution in [2.24, 2.45) is 0 Å². The zero-order valence-corrected chi connectivity index (χ0v) is 14.5. The topological polar surface area (TPSA) is 56.7 Å². The van der Waals surface area contributed by atoms with E-state index in [2.05, 4.69) is 9.88 Å². The van der Waals surface area contributed by atoms with Gasteiger partial charge in [0.05, 0.1) is 17.3 Å². The molecule has 1 saturated heterocycles. The third kappa shape index (κ3) is 4.63. The predicted molar refractivity (Wildman–Crippen MR) is 94.9 cm³/mol. The number of aliphatic hydroxyl groups is 1. The van der Waals surface area contributed by atoms with Crippen molar-refractivity contribution in [1.82, 2.24) is 14.8 Å². The molecule has 1 aliphatic rings. The number of hydrogen-bond acceptors (Lipinski definition) is 5. The lowest BCUT2D eigenvalue weighted by atomic mass is 10.1. The molecule has 6 heteroatoms. The molecular weight excluding hydrogens is 322 g/mol. The number of aliphatic hydroxyl groups excluding tert-OH is 1. The van der Waals surface area contributed by atoms with Crippen LogP contribution < -0.4 is 0 Å². The predicted octanol–water partition coefficient (Wildman–Crippen LogP) is 1.95. The van der Waals surface area contributed by atoms with E-state index in [0.29, 0.717) is 13.0 Å². The van der Waals surface area contributed by atoms with Gasteiger partial charge < -0.3 is 10.0 Å². The Labute approximate surface area is 146 Å². The van der Waals surface area contributed by atoms with Crippen LogP contribution in [0.15, 0.2) is 41.2 Å². The Balaban J connectivity index is 1.41. The van der Waals surface area contributed by atoms with Crippen LogP contribution in [0.2, 0.25) is 0 Å². The zero-order valence-electron chi connectivity index (χ0n) is 13.7. The molecule has 0 saturated carbocycles. The summed E-state index contributed by atoms with van der Waals surface area (Å²) in [6, 6.07) is 9.73. The molecule has 1 amide bonds. The van der Waals surface area contributed by atoms with E-state index in [1.54, 1.807) is 16.8 Å². The molecule has 128 valence electrons. The van der Waals surface area contributed by atoms with Crippen LogP contribution in [0.1, 0.15) is 23.8 Å². The summed E-state index contributed by atoms with van der Waals surface area (Å²) < 4.78 is 0. The Bertz CT molecular complexity index is 625. The minimum absolute atomic E-state index is 0.200. The fourth-order valence-corrected chi connectivity index (χ4v) is 3.55. The first-order valence-electron chi connectivity index (χ1n) is 8.32. The molecule has 1 atom stereocenters. The molecule has 5 nitrogen and oxygen atoms in total. The van der Waals surface area contributed by atoms with E-state index in [-0.39, 0.29) is 5.91 Å². The van der Waals surface area contributed by atoms with Gasteiger partial charge in [0.25, 0.3) is 0 Å². The van der Waals surface area contributed by atoms with Gasteiger partial charge in [0.2, 0.25) is 5.91 Å². The van der Waals surface area contributed by atoms with E-state index in [1.165, 1.54) is 0 Å². The van der Waals surface area contributed by atoms with Crippen LogP contribution in [0, 0.1) is 0 Å². The highest BCUT2D eigenvalue weighted by Gasteiger charge is 2.22. The summed E-state index contributed by atoms with van der Waals surface area (Å²) in [7, 11) is 0. The summed E-state index contributed by atoms with van der Waals surface area (Å²) in [6.45, 7) is 3.71. The number of carbonyl (C=O) groups is 1. The van der Waals surface area contributed by atoms with Crippen molar-refractivity contribution in [3.05, 3.63) is 52.5 Å². The SMILES string of the molecule is O=C(CCc1cscn1)N1CCN(C[C@H](O)c2ccccc2)CC1. The molecule has 1 aliphatic heterocycles.